The van der Waals surface area contributed by atoms with Crippen LogP contribution in [-0.2, 0) is 9.53 Å². The number of carbonyl (C=O) groups is 2. The first kappa shape index (κ1) is 19.5. The van der Waals surface area contributed by atoms with Crippen molar-refractivity contribution in [1.82, 2.24) is 0 Å². The molecule has 0 saturated carbocycles. The van der Waals surface area contributed by atoms with Crippen molar-refractivity contribution >= 4 is 45.6 Å². The monoisotopic (exact) mass is 398 g/mol. The number of nitrogens with one attached hydrogen (secondary N) is 1. The lowest BCUT2D eigenvalue weighted by Crippen LogP contribution is -2.30. The molecule has 0 aliphatic heterocycles. The number of amides is 1. The molecular formula is C21H19ClN2O4. The van der Waals surface area contributed by atoms with Gasteiger partial charge in [0.15, 0.2) is 6.10 Å². The van der Waals surface area contributed by atoms with Gasteiger partial charge in [0.2, 0.25) is 0 Å². The molecule has 3 N–H and O–H groups in total. The third kappa shape index (κ3) is 4.18. The van der Waals surface area contributed by atoms with Crippen LogP contribution in [0.5, 0.6) is 5.75 Å². The maximum atomic E-state index is 12.4. The molecule has 28 heavy (non-hydrogen) atoms. The van der Waals surface area contributed by atoms with Gasteiger partial charge in [-0.3, -0.25) is 4.79 Å². The Balaban J connectivity index is 1.71. The third-order valence-corrected chi connectivity index (χ3v) is 4.54. The van der Waals surface area contributed by atoms with Crippen molar-refractivity contribution in [1.29, 1.82) is 0 Å². The van der Waals surface area contributed by atoms with E-state index in [0.29, 0.717) is 5.69 Å². The smallest absolute Gasteiger partial charge is 0.342 e. The van der Waals surface area contributed by atoms with Crippen molar-refractivity contribution in [3.8, 4) is 5.75 Å². The summed E-state index contributed by atoms with van der Waals surface area (Å²) < 4.78 is 10.4. The minimum atomic E-state index is -1.03. The van der Waals surface area contributed by atoms with Crippen molar-refractivity contribution in [2.45, 2.75) is 13.0 Å². The molecule has 3 aromatic rings. The summed E-state index contributed by atoms with van der Waals surface area (Å²) in [4.78, 5) is 24.9. The van der Waals surface area contributed by atoms with E-state index in [1.807, 2.05) is 36.4 Å². The highest BCUT2D eigenvalue weighted by Crippen LogP contribution is 2.29. The largest absolute Gasteiger partial charge is 0.496 e. The number of hydrogen-bond acceptors (Lipinski definition) is 5. The fourth-order valence-electron chi connectivity index (χ4n) is 2.69. The lowest BCUT2D eigenvalue weighted by molar-refractivity contribution is -0.123. The Labute approximate surface area is 167 Å². The van der Waals surface area contributed by atoms with Crippen molar-refractivity contribution in [2.75, 3.05) is 18.2 Å². The highest BCUT2D eigenvalue weighted by molar-refractivity contribution is 6.33. The van der Waals surface area contributed by atoms with E-state index in [2.05, 4.69) is 5.32 Å². The van der Waals surface area contributed by atoms with Gasteiger partial charge in [0, 0.05) is 11.8 Å². The molecular weight excluding hydrogens is 380 g/mol. The molecule has 0 fully saturated rings. The van der Waals surface area contributed by atoms with E-state index in [-0.39, 0.29) is 22.0 Å². The topological polar surface area (TPSA) is 90.7 Å². The normalized spacial score (nSPS) is 11.7. The molecule has 1 amide bonds. The number of rotatable bonds is 5. The highest BCUT2D eigenvalue weighted by atomic mass is 35.5. The maximum absolute atomic E-state index is 12.4. The van der Waals surface area contributed by atoms with Gasteiger partial charge in [-0.2, -0.15) is 0 Å². The van der Waals surface area contributed by atoms with Crippen LogP contribution in [0.25, 0.3) is 10.8 Å². The van der Waals surface area contributed by atoms with Crippen LogP contribution in [0.15, 0.2) is 54.6 Å². The summed E-state index contributed by atoms with van der Waals surface area (Å²) in [6, 6.07) is 16.1. The molecule has 0 saturated heterocycles. The summed E-state index contributed by atoms with van der Waals surface area (Å²) in [6.07, 6.45) is -1.03. The molecule has 7 heteroatoms. The SMILES string of the molecule is COc1cc(N)c(Cl)cc1C(=O)O[C@H](C)C(=O)Nc1ccc2ccccc2c1. The number of fused-ring (bicyclic) bond motifs is 1. The van der Waals surface area contributed by atoms with Gasteiger partial charge in [-0.25, -0.2) is 4.79 Å². The first-order valence-electron chi connectivity index (χ1n) is 8.52. The van der Waals surface area contributed by atoms with E-state index in [1.165, 1.54) is 26.2 Å². The second-order valence-corrected chi connectivity index (χ2v) is 6.58. The summed E-state index contributed by atoms with van der Waals surface area (Å²) in [5.74, 6) is -0.974. The zero-order chi connectivity index (χ0) is 20.3. The number of carbonyl (C=O) groups excluding carboxylic acids is 2. The molecule has 3 aromatic carbocycles. The van der Waals surface area contributed by atoms with Crippen molar-refractivity contribution in [3.63, 3.8) is 0 Å². The predicted molar refractivity (Wildman–Crippen MR) is 110 cm³/mol. The number of anilines is 2. The van der Waals surface area contributed by atoms with Crippen LogP contribution in [0.1, 0.15) is 17.3 Å². The van der Waals surface area contributed by atoms with Gasteiger partial charge < -0.3 is 20.5 Å². The Morgan fingerprint density at radius 2 is 1.79 bits per heavy atom. The lowest BCUT2D eigenvalue weighted by Gasteiger charge is -2.15. The van der Waals surface area contributed by atoms with Crippen molar-refractivity contribution in [3.05, 3.63) is 65.2 Å². The van der Waals surface area contributed by atoms with Crippen LogP contribution >= 0.6 is 11.6 Å². The van der Waals surface area contributed by atoms with Gasteiger partial charge in [0.25, 0.3) is 5.91 Å². The molecule has 144 valence electrons. The predicted octanol–water partition coefficient (Wildman–Crippen LogP) is 4.27. The summed E-state index contributed by atoms with van der Waals surface area (Å²) >= 11 is 5.97. The van der Waals surface area contributed by atoms with Gasteiger partial charge in [-0.1, -0.05) is 41.9 Å². The van der Waals surface area contributed by atoms with Crippen molar-refractivity contribution in [2.24, 2.45) is 0 Å². The number of methoxy groups -OCH3 is 1. The Hall–Kier alpha value is -3.25. The number of hydrogen-bond donors (Lipinski definition) is 2. The molecule has 1 atom stereocenters. The van der Waals surface area contributed by atoms with Gasteiger partial charge in [0.1, 0.15) is 11.3 Å². The van der Waals surface area contributed by atoms with E-state index in [1.54, 1.807) is 6.07 Å². The summed E-state index contributed by atoms with van der Waals surface area (Å²) in [5, 5.41) is 5.00. The molecule has 0 unspecified atom stereocenters. The molecule has 0 heterocycles. The van der Waals surface area contributed by atoms with Crippen molar-refractivity contribution < 1.29 is 19.1 Å². The first-order chi connectivity index (χ1) is 13.4. The molecule has 0 radical (unpaired) electrons. The molecule has 0 aliphatic carbocycles. The second kappa shape index (κ2) is 8.19. The number of halogens is 1. The fourth-order valence-corrected chi connectivity index (χ4v) is 2.85. The van der Waals surface area contributed by atoms with Crippen LogP contribution < -0.4 is 15.8 Å². The molecule has 0 aromatic heterocycles. The standard InChI is InChI=1S/C21H19ClN2O4/c1-12(28-21(26)16-10-17(22)18(23)11-19(16)27-2)20(25)24-15-8-7-13-5-3-4-6-14(13)9-15/h3-12H,23H2,1-2H3,(H,24,25)/t12-/m1/s1. The average Bonchev–Trinajstić information content (AvgIpc) is 2.69. The van der Waals surface area contributed by atoms with E-state index in [9.17, 15) is 9.59 Å². The van der Waals surface area contributed by atoms with Crippen LogP contribution in [0, 0.1) is 0 Å². The number of esters is 1. The van der Waals surface area contributed by atoms with Gasteiger partial charge in [0.05, 0.1) is 17.8 Å². The quantitative estimate of drug-likeness (QED) is 0.494. The van der Waals surface area contributed by atoms with E-state index in [0.717, 1.165) is 10.8 Å². The molecule has 0 bridgehead atoms. The van der Waals surface area contributed by atoms with E-state index >= 15 is 0 Å². The highest BCUT2D eigenvalue weighted by Gasteiger charge is 2.22. The molecule has 3 rings (SSSR count). The summed E-state index contributed by atoms with van der Waals surface area (Å²) in [6.45, 7) is 1.49. The minimum absolute atomic E-state index is 0.0899. The van der Waals surface area contributed by atoms with Crippen LogP contribution in [0.4, 0.5) is 11.4 Å². The zero-order valence-electron chi connectivity index (χ0n) is 15.4. The van der Waals surface area contributed by atoms with Crippen LogP contribution in [0.2, 0.25) is 5.02 Å². The number of ether oxygens (including phenoxy) is 2. The van der Waals surface area contributed by atoms with Crippen LogP contribution in [0.3, 0.4) is 0 Å². The minimum Gasteiger partial charge on any atom is -0.496 e. The summed E-state index contributed by atoms with van der Waals surface area (Å²) in [7, 11) is 1.40. The van der Waals surface area contributed by atoms with Gasteiger partial charge in [-0.05, 0) is 35.9 Å². The Bertz CT molecular complexity index is 1050. The lowest BCUT2D eigenvalue weighted by atomic mass is 10.1. The summed E-state index contributed by atoms with van der Waals surface area (Å²) in [5.41, 5.74) is 6.69. The first-order valence-corrected chi connectivity index (χ1v) is 8.90. The number of nitrogen functional groups attached to an aromatic ring is 1. The average molecular weight is 399 g/mol. The van der Waals surface area contributed by atoms with E-state index in [4.69, 9.17) is 26.8 Å². The number of nitrogens with two attached hydrogens (primary N) is 1. The Morgan fingerprint density at radius 3 is 2.50 bits per heavy atom. The van der Waals surface area contributed by atoms with Gasteiger partial charge >= 0.3 is 5.97 Å². The van der Waals surface area contributed by atoms with Crippen LogP contribution in [-0.4, -0.2) is 25.1 Å². The maximum Gasteiger partial charge on any atom is 0.342 e. The van der Waals surface area contributed by atoms with E-state index < -0.39 is 18.0 Å². The number of benzene rings is 3. The third-order valence-electron chi connectivity index (χ3n) is 4.21. The Morgan fingerprint density at radius 1 is 1.07 bits per heavy atom. The van der Waals surface area contributed by atoms with Gasteiger partial charge in [-0.15, -0.1) is 0 Å². The fraction of sp³-hybridized carbons (Fsp3) is 0.143. The Kier molecular flexibility index (Phi) is 5.70. The molecule has 6 nitrogen and oxygen atoms in total. The molecule has 0 aliphatic rings. The second-order valence-electron chi connectivity index (χ2n) is 6.17. The molecule has 0 spiro atoms. The zero-order valence-corrected chi connectivity index (χ0v) is 16.1.